The number of aliphatic hydroxyl groups is 1. The van der Waals surface area contributed by atoms with Crippen molar-refractivity contribution in [1.82, 2.24) is 15.1 Å². The maximum atomic E-state index is 13.0. The Morgan fingerprint density at radius 1 is 1.44 bits per heavy atom. The minimum absolute atomic E-state index is 0.0343. The summed E-state index contributed by atoms with van der Waals surface area (Å²) < 4.78 is 0. The number of carbonyl (C=O) groups is 3. The molecule has 4 aliphatic rings. The molecule has 4 rings (SSSR count). The van der Waals surface area contributed by atoms with Crippen LogP contribution in [-0.4, -0.2) is 93.8 Å². The van der Waals surface area contributed by atoms with Gasteiger partial charge >= 0.3 is 5.97 Å². The molecule has 32 heavy (non-hydrogen) atoms. The van der Waals surface area contributed by atoms with Gasteiger partial charge in [0.1, 0.15) is 5.70 Å². The van der Waals surface area contributed by atoms with E-state index in [2.05, 4.69) is 10.3 Å². The summed E-state index contributed by atoms with van der Waals surface area (Å²) in [4.78, 5) is 45.4. The number of likely N-dealkylation sites (tertiary alicyclic amines) is 1. The zero-order chi connectivity index (χ0) is 23.2. The van der Waals surface area contributed by atoms with Gasteiger partial charge in [-0.3, -0.25) is 14.6 Å². The van der Waals surface area contributed by atoms with E-state index in [-0.39, 0.29) is 40.8 Å². The van der Waals surface area contributed by atoms with Crippen LogP contribution in [0, 0.1) is 17.8 Å². The highest BCUT2D eigenvalue weighted by atomic mass is 32.2. The molecule has 0 aliphatic carbocycles. The molecular formula is C21H31N5O5S. The Kier molecular flexibility index (Phi) is 6.51. The summed E-state index contributed by atoms with van der Waals surface area (Å²) in [6.07, 6.45) is 2.00. The van der Waals surface area contributed by atoms with Gasteiger partial charge < -0.3 is 31.1 Å². The predicted octanol–water partition coefficient (Wildman–Crippen LogP) is -0.561. The number of carboxylic acids is 1. The molecule has 176 valence electrons. The van der Waals surface area contributed by atoms with E-state index in [1.165, 1.54) is 23.0 Å². The second kappa shape index (κ2) is 9.03. The Balaban J connectivity index is 1.40. The highest BCUT2D eigenvalue weighted by molar-refractivity contribution is 8.03. The Morgan fingerprint density at radius 3 is 2.84 bits per heavy atom. The van der Waals surface area contributed by atoms with Crippen molar-refractivity contribution in [1.29, 1.82) is 0 Å². The van der Waals surface area contributed by atoms with Crippen LogP contribution in [0.3, 0.4) is 0 Å². The fraction of sp³-hybridized carbons (Fsp3) is 0.714. The number of nitrogens with two attached hydrogens (primary N) is 1. The summed E-state index contributed by atoms with van der Waals surface area (Å²) in [6, 6.07) is -0.612. The predicted molar refractivity (Wildman–Crippen MR) is 120 cm³/mol. The molecule has 0 aromatic rings. The molecule has 5 N–H and O–H groups in total. The Labute approximate surface area is 191 Å². The molecule has 0 bridgehead atoms. The first kappa shape index (κ1) is 23.1. The van der Waals surface area contributed by atoms with Crippen LogP contribution in [0.4, 0.5) is 0 Å². The molecule has 0 saturated carbocycles. The second-order valence-corrected chi connectivity index (χ2v) is 10.5. The number of amides is 2. The molecule has 3 fully saturated rings. The van der Waals surface area contributed by atoms with Crippen LogP contribution < -0.4 is 11.1 Å². The van der Waals surface area contributed by atoms with E-state index in [9.17, 15) is 24.6 Å². The van der Waals surface area contributed by atoms with E-state index in [0.717, 1.165) is 6.42 Å². The molecule has 3 saturated heterocycles. The van der Waals surface area contributed by atoms with Crippen LogP contribution in [0.2, 0.25) is 0 Å². The third kappa shape index (κ3) is 3.90. The van der Waals surface area contributed by atoms with Crippen molar-refractivity contribution in [2.24, 2.45) is 28.5 Å². The van der Waals surface area contributed by atoms with E-state index in [1.807, 2.05) is 11.8 Å². The quantitative estimate of drug-likeness (QED) is 0.222. The first-order valence-electron chi connectivity index (χ1n) is 11.1. The molecule has 0 radical (unpaired) electrons. The number of hydrogen-bond donors (Lipinski definition) is 4. The highest BCUT2D eigenvalue weighted by Crippen LogP contribution is 2.51. The van der Waals surface area contributed by atoms with Gasteiger partial charge in [-0.1, -0.05) is 6.92 Å². The van der Waals surface area contributed by atoms with Crippen molar-refractivity contribution in [3.63, 3.8) is 0 Å². The molecule has 6 unspecified atom stereocenters. The lowest BCUT2D eigenvalue weighted by Crippen LogP contribution is -2.63. The lowest BCUT2D eigenvalue weighted by atomic mass is 9.79. The summed E-state index contributed by atoms with van der Waals surface area (Å²) >= 11 is 1.46. The van der Waals surface area contributed by atoms with Crippen molar-refractivity contribution < 1.29 is 24.6 Å². The van der Waals surface area contributed by atoms with Gasteiger partial charge in [-0.05, 0) is 25.7 Å². The van der Waals surface area contributed by atoms with Gasteiger partial charge in [0.2, 0.25) is 11.8 Å². The summed E-state index contributed by atoms with van der Waals surface area (Å²) in [5.74, 6) is -1.78. The van der Waals surface area contributed by atoms with E-state index >= 15 is 0 Å². The molecular weight excluding hydrogens is 434 g/mol. The van der Waals surface area contributed by atoms with Crippen molar-refractivity contribution in [3.8, 4) is 0 Å². The monoisotopic (exact) mass is 465 g/mol. The number of thioether (sulfide) groups is 1. The maximum absolute atomic E-state index is 13.0. The van der Waals surface area contributed by atoms with E-state index < -0.39 is 18.0 Å². The van der Waals surface area contributed by atoms with E-state index in [4.69, 9.17) is 5.73 Å². The Hall–Kier alpha value is -2.11. The Morgan fingerprint density at radius 2 is 2.19 bits per heavy atom. The van der Waals surface area contributed by atoms with Gasteiger partial charge in [0.15, 0.2) is 0 Å². The number of aliphatic imine (C=N–C) groups is 1. The number of carboxylic acid groups (broad SMARTS) is 1. The maximum Gasteiger partial charge on any atom is 0.353 e. The molecule has 0 aromatic carbocycles. The fourth-order valence-electron chi connectivity index (χ4n) is 5.45. The SMILES string of the molecule is CC(O)C1C(=O)N2C(C(=O)O)=C(SC3CNC(C(=O)N4CC[C@H](CN=CN)C4)C3)C(C)C12. The highest BCUT2D eigenvalue weighted by Gasteiger charge is 2.60. The zero-order valence-corrected chi connectivity index (χ0v) is 19.1. The van der Waals surface area contributed by atoms with Crippen LogP contribution >= 0.6 is 11.8 Å². The largest absolute Gasteiger partial charge is 0.477 e. The summed E-state index contributed by atoms with van der Waals surface area (Å²) in [7, 11) is 0. The Bertz CT molecular complexity index is 862. The van der Waals surface area contributed by atoms with Crippen molar-refractivity contribution in [2.75, 3.05) is 26.2 Å². The number of fused-ring (bicyclic) bond motifs is 1. The number of rotatable bonds is 7. The van der Waals surface area contributed by atoms with Gasteiger partial charge in [0.05, 0.1) is 30.4 Å². The number of aliphatic hydroxyl groups excluding tert-OH is 1. The zero-order valence-electron chi connectivity index (χ0n) is 18.3. The molecule has 11 heteroatoms. The number of β-lactam (4-membered cyclic amide) rings is 1. The van der Waals surface area contributed by atoms with Gasteiger partial charge in [-0.15, -0.1) is 11.8 Å². The molecule has 0 spiro atoms. The van der Waals surface area contributed by atoms with E-state index in [0.29, 0.717) is 43.4 Å². The van der Waals surface area contributed by atoms with Crippen molar-refractivity contribution >= 4 is 35.9 Å². The number of nitrogens with zero attached hydrogens (tertiary/aromatic N) is 3. The molecule has 2 amide bonds. The normalized spacial score (nSPS) is 35.5. The van der Waals surface area contributed by atoms with Crippen LogP contribution in [0.15, 0.2) is 15.6 Å². The van der Waals surface area contributed by atoms with Crippen LogP contribution in [0.5, 0.6) is 0 Å². The summed E-state index contributed by atoms with van der Waals surface area (Å²) in [5.41, 5.74) is 5.35. The first-order chi connectivity index (χ1) is 15.2. The number of hydrogen-bond acceptors (Lipinski definition) is 7. The van der Waals surface area contributed by atoms with Crippen LogP contribution in [0.25, 0.3) is 0 Å². The molecule has 4 aliphatic heterocycles. The third-order valence-corrected chi connectivity index (χ3v) is 8.57. The molecule has 10 nitrogen and oxygen atoms in total. The van der Waals surface area contributed by atoms with Crippen LogP contribution in [-0.2, 0) is 14.4 Å². The van der Waals surface area contributed by atoms with Gasteiger partial charge in [0, 0.05) is 42.3 Å². The smallest absolute Gasteiger partial charge is 0.353 e. The third-order valence-electron chi connectivity index (χ3n) is 7.06. The standard InChI is InChI=1S/C21H31N5O5S/c1-10-16-15(11(2)27)20(29)26(16)17(21(30)31)18(10)32-13-5-14(24-7-13)19(28)25-4-3-12(8-25)6-23-9-22/h9-16,24,27H,3-8H2,1-2H3,(H2,22,23)(H,30,31)/t10?,11?,12-,13?,14?,15?,16?/m1/s1. The molecule has 0 aromatic heterocycles. The minimum Gasteiger partial charge on any atom is -0.477 e. The lowest BCUT2D eigenvalue weighted by Gasteiger charge is -2.46. The van der Waals surface area contributed by atoms with Gasteiger partial charge in [-0.25, -0.2) is 4.79 Å². The topological polar surface area (TPSA) is 149 Å². The fourth-order valence-corrected chi connectivity index (χ4v) is 6.93. The second-order valence-electron chi connectivity index (χ2n) is 9.16. The minimum atomic E-state index is -1.12. The summed E-state index contributed by atoms with van der Waals surface area (Å²) in [5, 5.41) is 23.1. The first-order valence-corrected chi connectivity index (χ1v) is 12.0. The average Bonchev–Trinajstić information content (AvgIpc) is 3.45. The molecule has 7 atom stereocenters. The molecule has 4 heterocycles. The number of carbonyl (C=O) groups excluding carboxylic acids is 2. The van der Waals surface area contributed by atoms with Crippen LogP contribution in [0.1, 0.15) is 26.7 Å². The number of nitrogens with one attached hydrogen (secondary N) is 1. The lowest BCUT2D eigenvalue weighted by molar-refractivity contribution is -0.163. The van der Waals surface area contributed by atoms with Gasteiger partial charge in [-0.2, -0.15) is 0 Å². The van der Waals surface area contributed by atoms with Gasteiger partial charge in [0.25, 0.3) is 0 Å². The van der Waals surface area contributed by atoms with Crippen molar-refractivity contribution in [2.45, 2.75) is 50.1 Å². The average molecular weight is 466 g/mol. The van der Waals surface area contributed by atoms with Crippen molar-refractivity contribution in [3.05, 3.63) is 10.6 Å². The summed E-state index contributed by atoms with van der Waals surface area (Å²) in [6.45, 7) is 6.10. The van der Waals surface area contributed by atoms with E-state index in [1.54, 1.807) is 6.92 Å². The number of aliphatic carboxylic acids is 1.